The Morgan fingerprint density at radius 1 is 0.355 bits per heavy atom. The molecule has 9 aromatic carbocycles. The average molecular weight is 813 g/mol. The quantitative estimate of drug-likeness (QED) is 0.167. The highest BCUT2D eigenvalue weighted by Gasteiger charge is 2.22. The summed E-state index contributed by atoms with van der Waals surface area (Å²) in [6.07, 6.45) is 0. The van der Waals surface area contributed by atoms with Crippen molar-refractivity contribution in [2.45, 2.75) is 0 Å². The van der Waals surface area contributed by atoms with Gasteiger partial charge in [-0.05, 0) is 77.5 Å². The molecule has 0 radical (unpaired) electrons. The number of hydrogen-bond donors (Lipinski definition) is 0. The highest BCUT2D eigenvalue weighted by atomic mass is 32.1. The molecule has 0 saturated heterocycles. The maximum Gasteiger partial charge on any atom is 0.164 e. The van der Waals surface area contributed by atoms with Gasteiger partial charge in [0.1, 0.15) is 22.3 Å². The second-order valence-electron chi connectivity index (χ2n) is 15.6. The van der Waals surface area contributed by atoms with E-state index in [-0.39, 0.29) is 0 Å². The van der Waals surface area contributed by atoms with Gasteiger partial charge >= 0.3 is 0 Å². The number of benzene rings is 9. The molecule has 0 atom stereocenters. The van der Waals surface area contributed by atoms with E-state index < -0.39 is 0 Å². The van der Waals surface area contributed by atoms with Crippen molar-refractivity contribution in [3.05, 3.63) is 194 Å². The first-order chi connectivity index (χ1) is 30.7. The summed E-state index contributed by atoms with van der Waals surface area (Å²) in [6, 6.07) is 67.4. The Morgan fingerprint density at radius 2 is 0.952 bits per heavy atom. The van der Waals surface area contributed by atoms with Gasteiger partial charge in [-0.15, -0.1) is 11.3 Å². The molecule has 0 spiro atoms. The average Bonchev–Trinajstić information content (AvgIpc) is 4.02. The van der Waals surface area contributed by atoms with Gasteiger partial charge in [0.05, 0.1) is 0 Å². The second kappa shape index (κ2) is 13.7. The van der Waals surface area contributed by atoms with Crippen LogP contribution in [0, 0.1) is 0 Å². The summed E-state index contributed by atoms with van der Waals surface area (Å²) in [7, 11) is 0. The Bertz CT molecular complexity index is 3790. The van der Waals surface area contributed by atoms with E-state index in [9.17, 15) is 0 Å². The molecule has 290 valence electrons. The lowest BCUT2D eigenvalue weighted by atomic mass is 10.0. The molecule has 0 amide bonds. The molecule has 6 nitrogen and oxygen atoms in total. The smallest absolute Gasteiger partial charge is 0.164 e. The third-order valence-electron chi connectivity index (χ3n) is 11.9. The summed E-state index contributed by atoms with van der Waals surface area (Å²) >= 11 is 1.82. The first kappa shape index (κ1) is 34.7. The van der Waals surface area contributed by atoms with E-state index in [0.717, 1.165) is 88.4 Å². The van der Waals surface area contributed by atoms with Gasteiger partial charge in [-0.2, -0.15) is 0 Å². The lowest BCUT2D eigenvalue weighted by Gasteiger charge is -2.25. The number of anilines is 3. The Morgan fingerprint density at radius 3 is 1.85 bits per heavy atom. The highest BCUT2D eigenvalue weighted by molar-refractivity contribution is 7.25. The summed E-state index contributed by atoms with van der Waals surface area (Å²) in [6.45, 7) is 0. The zero-order valence-electron chi connectivity index (χ0n) is 33.0. The lowest BCUT2D eigenvalue weighted by Crippen LogP contribution is -2.09. The summed E-state index contributed by atoms with van der Waals surface area (Å²) in [5.41, 5.74) is 9.01. The van der Waals surface area contributed by atoms with Crippen LogP contribution in [0.25, 0.3) is 109 Å². The van der Waals surface area contributed by atoms with Gasteiger partial charge in [0.2, 0.25) is 0 Å². The minimum Gasteiger partial charge on any atom is -0.456 e. The number of fused-ring (bicyclic) bond motifs is 10. The summed E-state index contributed by atoms with van der Waals surface area (Å²) < 4.78 is 15.6. The van der Waals surface area contributed by atoms with E-state index in [0.29, 0.717) is 17.5 Å². The molecule has 4 heterocycles. The SMILES string of the molecule is c1ccc(-c2nc(-c3cccc4ccccc34)nc(-c3cccc4oc5cc(N(c6ccc7oc8ccccc8c7c6)c6ccc7sc8ccccc8c7c6)ccc5c34)n2)cc1. The Balaban J connectivity index is 1.01. The Labute approximate surface area is 358 Å². The maximum absolute atomic E-state index is 6.78. The molecule has 13 rings (SSSR count). The minimum atomic E-state index is 0.581. The number of para-hydroxylation sites is 1. The number of rotatable bonds is 6. The normalized spacial score (nSPS) is 11.9. The Kier molecular flexibility index (Phi) is 7.67. The van der Waals surface area contributed by atoms with Gasteiger partial charge in [0, 0.05) is 81.5 Å². The van der Waals surface area contributed by atoms with Crippen molar-refractivity contribution >= 4 is 103 Å². The van der Waals surface area contributed by atoms with Crippen LogP contribution in [0.5, 0.6) is 0 Å². The number of aromatic nitrogens is 3. The largest absolute Gasteiger partial charge is 0.456 e. The van der Waals surface area contributed by atoms with Crippen molar-refractivity contribution in [3.63, 3.8) is 0 Å². The van der Waals surface area contributed by atoms with Gasteiger partial charge in [-0.3, -0.25) is 0 Å². The molecule has 0 fully saturated rings. The van der Waals surface area contributed by atoms with E-state index in [1.54, 1.807) is 0 Å². The predicted molar refractivity (Wildman–Crippen MR) is 256 cm³/mol. The molecule has 62 heavy (non-hydrogen) atoms. The fourth-order valence-electron chi connectivity index (χ4n) is 9.05. The van der Waals surface area contributed by atoms with E-state index in [1.165, 1.54) is 20.2 Å². The van der Waals surface area contributed by atoms with Gasteiger partial charge in [0.25, 0.3) is 0 Å². The van der Waals surface area contributed by atoms with Crippen molar-refractivity contribution < 1.29 is 8.83 Å². The van der Waals surface area contributed by atoms with Crippen LogP contribution in [0.15, 0.2) is 203 Å². The van der Waals surface area contributed by atoms with Crippen molar-refractivity contribution in [2.24, 2.45) is 0 Å². The molecule has 13 aromatic rings. The fourth-order valence-corrected chi connectivity index (χ4v) is 10.1. The molecule has 0 unspecified atom stereocenters. The summed E-state index contributed by atoms with van der Waals surface area (Å²) in [5, 5.41) is 8.77. The molecule has 0 N–H and O–H groups in total. The highest BCUT2D eigenvalue weighted by Crippen LogP contribution is 2.45. The number of thiophene rings is 1. The molecule has 0 bridgehead atoms. The van der Waals surface area contributed by atoms with Crippen molar-refractivity contribution in [1.29, 1.82) is 0 Å². The zero-order chi connectivity index (χ0) is 40.7. The topological polar surface area (TPSA) is 68.2 Å². The number of nitrogens with zero attached hydrogens (tertiary/aromatic N) is 4. The third kappa shape index (κ3) is 5.52. The van der Waals surface area contributed by atoms with Crippen LogP contribution in [0.3, 0.4) is 0 Å². The van der Waals surface area contributed by atoms with Gasteiger partial charge in [-0.1, -0.05) is 121 Å². The summed E-state index contributed by atoms with van der Waals surface area (Å²) in [5.74, 6) is 1.81. The summed E-state index contributed by atoms with van der Waals surface area (Å²) in [4.78, 5) is 17.8. The van der Waals surface area contributed by atoms with Crippen LogP contribution in [-0.2, 0) is 0 Å². The number of hydrogen-bond acceptors (Lipinski definition) is 7. The van der Waals surface area contributed by atoms with E-state index in [4.69, 9.17) is 23.8 Å². The van der Waals surface area contributed by atoms with Crippen LogP contribution in [0.1, 0.15) is 0 Å². The van der Waals surface area contributed by atoms with Gasteiger partial charge < -0.3 is 13.7 Å². The van der Waals surface area contributed by atoms with Crippen LogP contribution < -0.4 is 4.90 Å². The molecule has 0 aliphatic rings. The van der Waals surface area contributed by atoms with Gasteiger partial charge in [0.15, 0.2) is 17.5 Å². The van der Waals surface area contributed by atoms with Crippen LogP contribution >= 0.6 is 11.3 Å². The second-order valence-corrected chi connectivity index (χ2v) is 16.6. The molecule has 0 aliphatic carbocycles. The predicted octanol–water partition coefficient (Wildman–Crippen LogP) is 15.7. The zero-order valence-corrected chi connectivity index (χ0v) is 33.8. The van der Waals surface area contributed by atoms with Crippen LogP contribution in [0.4, 0.5) is 17.1 Å². The minimum absolute atomic E-state index is 0.581. The molecular formula is C55H32N4O2S. The monoisotopic (exact) mass is 812 g/mol. The van der Waals surface area contributed by atoms with Crippen LogP contribution in [-0.4, -0.2) is 15.0 Å². The van der Waals surface area contributed by atoms with Crippen molar-refractivity contribution in [1.82, 2.24) is 15.0 Å². The first-order valence-corrected chi connectivity index (χ1v) is 21.4. The standard InChI is InChI=1S/C55H32N4O2S/c1-2-13-34(14-3-1)53-56-54(41-19-10-15-33-12-4-5-16-38(33)41)58-55(57-53)43-20-11-22-48-52(43)42-27-24-37(32-49(42)61-48)59(35-25-28-47-44(30-35)39-17-6-8-21-46(39)60-47)36-26-29-51-45(31-36)40-18-7-9-23-50(40)62-51/h1-32H. The molecule has 4 aromatic heterocycles. The molecule has 0 saturated carbocycles. The first-order valence-electron chi connectivity index (χ1n) is 20.6. The van der Waals surface area contributed by atoms with Crippen LogP contribution in [0.2, 0.25) is 0 Å². The maximum atomic E-state index is 6.78. The molecule has 7 heteroatoms. The molecular weight excluding hydrogens is 781 g/mol. The Hall–Kier alpha value is -8.13. The van der Waals surface area contributed by atoms with Gasteiger partial charge in [-0.25, -0.2) is 15.0 Å². The van der Waals surface area contributed by atoms with E-state index >= 15 is 0 Å². The molecule has 0 aliphatic heterocycles. The fraction of sp³-hybridized carbons (Fsp3) is 0. The number of furan rings is 2. The third-order valence-corrected chi connectivity index (χ3v) is 13.1. The van der Waals surface area contributed by atoms with E-state index in [1.807, 2.05) is 65.9 Å². The van der Waals surface area contributed by atoms with E-state index in [2.05, 4.69) is 144 Å². The van der Waals surface area contributed by atoms with Crippen molar-refractivity contribution in [3.8, 4) is 34.2 Å². The lowest BCUT2D eigenvalue weighted by molar-refractivity contribution is 0.668. The van der Waals surface area contributed by atoms with Crippen molar-refractivity contribution in [2.75, 3.05) is 4.90 Å².